The normalized spacial score (nSPS) is 19.9. The van der Waals surface area contributed by atoms with Crippen molar-refractivity contribution < 1.29 is 9.53 Å². The first-order valence-corrected chi connectivity index (χ1v) is 9.75. The molecule has 0 aliphatic heterocycles. The summed E-state index contributed by atoms with van der Waals surface area (Å²) in [6.07, 6.45) is 7.13. The maximum Gasteiger partial charge on any atom is 0.325 e. The number of hydrogen-bond acceptors (Lipinski definition) is 4. The third-order valence-electron chi connectivity index (χ3n) is 5.43. The van der Waals surface area contributed by atoms with Gasteiger partial charge in [-0.25, -0.2) is 0 Å². The fourth-order valence-electron chi connectivity index (χ4n) is 3.96. The number of ether oxygens (including phenoxy) is 1. The lowest BCUT2D eigenvalue weighted by molar-refractivity contribution is -0.121. The first-order valence-electron chi connectivity index (χ1n) is 9.37. The SMILES string of the molecule is CC1CCC(Cn2ccc3nc(OC=O)nc(-c4cccc(Cl)c4)c32)CC1. The molecule has 3 aromatic rings. The monoisotopic (exact) mass is 383 g/mol. The summed E-state index contributed by atoms with van der Waals surface area (Å²) in [7, 11) is 0. The topological polar surface area (TPSA) is 57.0 Å². The molecule has 1 aliphatic rings. The number of carbonyl (C=O) groups excluding carboxylic acids is 1. The van der Waals surface area contributed by atoms with Crippen LogP contribution in [0, 0.1) is 11.8 Å². The van der Waals surface area contributed by atoms with Gasteiger partial charge in [0.25, 0.3) is 0 Å². The van der Waals surface area contributed by atoms with Crippen LogP contribution in [0.5, 0.6) is 6.01 Å². The van der Waals surface area contributed by atoms with Crippen molar-refractivity contribution >= 4 is 29.1 Å². The highest BCUT2D eigenvalue weighted by molar-refractivity contribution is 6.30. The van der Waals surface area contributed by atoms with Gasteiger partial charge in [-0.05, 0) is 42.9 Å². The van der Waals surface area contributed by atoms with Gasteiger partial charge in [0, 0.05) is 23.3 Å². The minimum absolute atomic E-state index is 0.0525. The fraction of sp³-hybridized carbons (Fsp3) is 0.381. The van der Waals surface area contributed by atoms with Gasteiger partial charge in [-0.15, -0.1) is 0 Å². The molecule has 1 fully saturated rings. The Morgan fingerprint density at radius 3 is 2.78 bits per heavy atom. The van der Waals surface area contributed by atoms with Crippen LogP contribution in [-0.4, -0.2) is 21.0 Å². The Bertz CT molecular complexity index is 961. The van der Waals surface area contributed by atoms with Crippen LogP contribution in [0.1, 0.15) is 32.6 Å². The van der Waals surface area contributed by atoms with E-state index >= 15 is 0 Å². The second kappa shape index (κ2) is 7.69. The van der Waals surface area contributed by atoms with Crippen LogP contribution in [0.4, 0.5) is 0 Å². The van der Waals surface area contributed by atoms with Crippen molar-refractivity contribution in [2.24, 2.45) is 11.8 Å². The lowest BCUT2D eigenvalue weighted by atomic mass is 9.83. The van der Waals surface area contributed by atoms with E-state index in [9.17, 15) is 4.79 Å². The molecular formula is C21H22ClN3O2. The van der Waals surface area contributed by atoms with E-state index < -0.39 is 0 Å². The minimum atomic E-state index is 0.0525. The minimum Gasteiger partial charge on any atom is -0.393 e. The molecule has 2 aromatic heterocycles. The molecule has 2 heterocycles. The Morgan fingerprint density at radius 1 is 1.22 bits per heavy atom. The molecule has 0 spiro atoms. The molecule has 5 nitrogen and oxygen atoms in total. The number of halogens is 1. The van der Waals surface area contributed by atoms with Gasteiger partial charge >= 0.3 is 12.5 Å². The highest BCUT2D eigenvalue weighted by Gasteiger charge is 2.21. The van der Waals surface area contributed by atoms with Crippen LogP contribution in [0.15, 0.2) is 36.5 Å². The molecule has 0 N–H and O–H groups in total. The van der Waals surface area contributed by atoms with E-state index in [1.165, 1.54) is 25.7 Å². The predicted octanol–water partition coefficient (Wildman–Crippen LogP) is 5.11. The zero-order valence-corrected chi connectivity index (χ0v) is 16.0. The van der Waals surface area contributed by atoms with Gasteiger partial charge < -0.3 is 9.30 Å². The van der Waals surface area contributed by atoms with Gasteiger partial charge in [0.1, 0.15) is 5.69 Å². The molecule has 0 bridgehead atoms. The van der Waals surface area contributed by atoms with E-state index in [0.29, 0.717) is 17.4 Å². The Kier molecular flexibility index (Phi) is 5.12. The molecule has 0 amide bonds. The van der Waals surface area contributed by atoms with Crippen molar-refractivity contribution in [1.82, 2.24) is 14.5 Å². The third-order valence-corrected chi connectivity index (χ3v) is 5.67. The highest BCUT2D eigenvalue weighted by atomic mass is 35.5. The molecular weight excluding hydrogens is 362 g/mol. The zero-order chi connectivity index (χ0) is 18.8. The summed E-state index contributed by atoms with van der Waals surface area (Å²) in [4.78, 5) is 19.7. The average Bonchev–Trinajstić information content (AvgIpc) is 3.06. The van der Waals surface area contributed by atoms with Gasteiger partial charge in [-0.1, -0.05) is 43.5 Å². The molecule has 1 aliphatic carbocycles. The Morgan fingerprint density at radius 2 is 2.04 bits per heavy atom. The summed E-state index contributed by atoms with van der Waals surface area (Å²) in [6.45, 7) is 3.63. The molecule has 4 rings (SSSR count). The third kappa shape index (κ3) is 3.83. The van der Waals surface area contributed by atoms with E-state index in [2.05, 4.69) is 27.7 Å². The van der Waals surface area contributed by atoms with E-state index in [1.807, 2.05) is 30.3 Å². The Hall–Kier alpha value is -2.40. The average molecular weight is 384 g/mol. The largest absolute Gasteiger partial charge is 0.393 e. The van der Waals surface area contributed by atoms with E-state index in [-0.39, 0.29) is 6.01 Å². The summed E-state index contributed by atoms with van der Waals surface area (Å²) in [5.41, 5.74) is 3.33. The summed E-state index contributed by atoms with van der Waals surface area (Å²) in [5, 5.41) is 0.636. The molecule has 140 valence electrons. The Balaban J connectivity index is 1.78. The van der Waals surface area contributed by atoms with Crippen molar-refractivity contribution in [2.45, 2.75) is 39.2 Å². The fourth-order valence-corrected chi connectivity index (χ4v) is 4.15. The standard InChI is InChI=1S/C21H22ClN3O2/c1-14-5-7-15(8-6-14)12-25-10-9-18-20(25)19(24-21(23-18)27-13-26)16-3-2-4-17(22)11-16/h2-4,9-11,13-15H,5-8,12H2,1H3. The number of nitrogens with zero attached hydrogens (tertiary/aromatic N) is 3. The van der Waals surface area contributed by atoms with E-state index in [4.69, 9.17) is 16.3 Å². The number of fused-ring (bicyclic) bond motifs is 1. The first-order chi connectivity index (χ1) is 13.1. The van der Waals surface area contributed by atoms with Gasteiger partial charge in [0.05, 0.1) is 11.0 Å². The maximum absolute atomic E-state index is 10.8. The number of carbonyl (C=O) groups is 1. The molecule has 1 aromatic carbocycles. The number of hydrogen-bond donors (Lipinski definition) is 0. The van der Waals surface area contributed by atoms with Gasteiger partial charge in [0.2, 0.25) is 0 Å². The summed E-state index contributed by atoms with van der Waals surface area (Å²) < 4.78 is 7.17. The maximum atomic E-state index is 10.8. The first kappa shape index (κ1) is 18.0. The predicted molar refractivity (Wildman–Crippen MR) is 106 cm³/mol. The van der Waals surface area contributed by atoms with Crippen LogP contribution in [-0.2, 0) is 11.3 Å². The highest BCUT2D eigenvalue weighted by Crippen LogP contribution is 2.33. The summed E-state index contributed by atoms with van der Waals surface area (Å²) >= 11 is 6.19. The summed E-state index contributed by atoms with van der Waals surface area (Å²) in [5.74, 6) is 1.49. The zero-order valence-electron chi connectivity index (χ0n) is 15.3. The van der Waals surface area contributed by atoms with Gasteiger partial charge in [0.15, 0.2) is 0 Å². The number of benzene rings is 1. The lowest BCUT2D eigenvalue weighted by Crippen LogP contribution is -2.17. The van der Waals surface area contributed by atoms with Crippen LogP contribution in [0.25, 0.3) is 22.3 Å². The van der Waals surface area contributed by atoms with Crippen LogP contribution >= 0.6 is 11.6 Å². The van der Waals surface area contributed by atoms with E-state index in [1.54, 1.807) is 0 Å². The van der Waals surface area contributed by atoms with Crippen LogP contribution < -0.4 is 4.74 Å². The van der Waals surface area contributed by atoms with Crippen molar-refractivity contribution in [1.29, 1.82) is 0 Å². The molecule has 1 saturated carbocycles. The quantitative estimate of drug-likeness (QED) is 0.574. The second-order valence-corrected chi connectivity index (χ2v) is 7.84. The summed E-state index contributed by atoms with van der Waals surface area (Å²) in [6, 6.07) is 9.55. The van der Waals surface area contributed by atoms with Crippen LogP contribution in [0.2, 0.25) is 5.02 Å². The van der Waals surface area contributed by atoms with Gasteiger partial charge in [-0.3, -0.25) is 4.79 Å². The lowest BCUT2D eigenvalue weighted by Gasteiger charge is -2.26. The number of aromatic nitrogens is 3. The van der Waals surface area contributed by atoms with Crippen molar-refractivity contribution in [3.63, 3.8) is 0 Å². The smallest absolute Gasteiger partial charge is 0.325 e. The van der Waals surface area contributed by atoms with Crippen molar-refractivity contribution in [2.75, 3.05) is 0 Å². The molecule has 0 atom stereocenters. The molecule has 6 heteroatoms. The molecule has 0 saturated heterocycles. The van der Waals surface area contributed by atoms with Gasteiger partial charge in [-0.2, -0.15) is 9.97 Å². The second-order valence-electron chi connectivity index (χ2n) is 7.41. The Labute approximate surface area is 163 Å². The van der Waals surface area contributed by atoms with Crippen molar-refractivity contribution in [3.8, 4) is 17.3 Å². The molecule has 0 radical (unpaired) electrons. The van der Waals surface area contributed by atoms with Crippen molar-refractivity contribution in [3.05, 3.63) is 41.6 Å². The number of rotatable bonds is 5. The molecule has 0 unspecified atom stereocenters. The van der Waals surface area contributed by atoms with E-state index in [0.717, 1.165) is 34.8 Å². The van der Waals surface area contributed by atoms with Crippen LogP contribution in [0.3, 0.4) is 0 Å². The molecule has 27 heavy (non-hydrogen) atoms.